The van der Waals surface area contributed by atoms with Crippen LogP contribution in [0.3, 0.4) is 0 Å². The average Bonchev–Trinajstić information content (AvgIpc) is 2.64. The Morgan fingerprint density at radius 3 is 2.63 bits per heavy atom. The van der Waals surface area contributed by atoms with Crippen LogP contribution in [0, 0.1) is 6.92 Å². The van der Waals surface area contributed by atoms with E-state index in [0.29, 0.717) is 6.04 Å². The Morgan fingerprint density at radius 1 is 1.47 bits per heavy atom. The monoisotopic (exact) mass is 287 g/mol. The molecule has 19 heavy (non-hydrogen) atoms. The molecule has 0 saturated carbocycles. The quantitative estimate of drug-likeness (QED) is 0.723. The number of hydrogen-bond donors (Lipinski definition) is 2. The minimum Gasteiger partial charge on any atom is -0.394 e. The number of aliphatic hydroxyl groups is 1. The molecule has 0 spiro atoms. The zero-order chi connectivity index (χ0) is 14.5. The summed E-state index contributed by atoms with van der Waals surface area (Å²) in [5.74, 6) is 0. The van der Waals surface area contributed by atoms with E-state index in [9.17, 15) is 5.11 Å². The summed E-state index contributed by atoms with van der Waals surface area (Å²) >= 11 is 5.97. The van der Waals surface area contributed by atoms with Crippen LogP contribution in [-0.4, -0.2) is 33.1 Å². The van der Waals surface area contributed by atoms with Gasteiger partial charge in [0.15, 0.2) is 0 Å². The molecular formula is C14H26ClN3O. The molecule has 0 aromatic carbocycles. The van der Waals surface area contributed by atoms with Gasteiger partial charge in [0.2, 0.25) is 0 Å². The first-order valence-electron chi connectivity index (χ1n) is 6.94. The van der Waals surface area contributed by atoms with E-state index in [0.717, 1.165) is 36.5 Å². The summed E-state index contributed by atoms with van der Waals surface area (Å²) in [5, 5.41) is 18.0. The van der Waals surface area contributed by atoms with Crippen molar-refractivity contribution < 1.29 is 5.11 Å². The van der Waals surface area contributed by atoms with Crippen molar-refractivity contribution in [2.45, 2.75) is 65.1 Å². The van der Waals surface area contributed by atoms with E-state index in [-0.39, 0.29) is 12.1 Å². The lowest BCUT2D eigenvalue weighted by atomic mass is 9.95. The van der Waals surface area contributed by atoms with Gasteiger partial charge in [0.1, 0.15) is 0 Å². The molecule has 0 bridgehead atoms. The fourth-order valence-corrected chi connectivity index (χ4v) is 2.44. The third kappa shape index (κ3) is 5.51. The zero-order valence-electron chi connectivity index (χ0n) is 12.4. The highest BCUT2D eigenvalue weighted by atomic mass is 35.5. The lowest BCUT2D eigenvalue weighted by Crippen LogP contribution is -2.49. The number of aliphatic hydroxyl groups excluding tert-OH is 1. The fourth-order valence-electron chi connectivity index (χ4n) is 2.29. The maximum atomic E-state index is 9.49. The van der Waals surface area contributed by atoms with Crippen molar-refractivity contribution in [2.75, 3.05) is 6.61 Å². The van der Waals surface area contributed by atoms with Crippen molar-refractivity contribution in [3.63, 3.8) is 0 Å². The second-order valence-electron chi connectivity index (χ2n) is 5.80. The Bertz CT molecular complexity index is 373. The number of unbranched alkanes of at least 4 members (excludes halogenated alkanes) is 1. The second kappa shape index (κ2) is 7.27. The maximum absolute atomic E-state index is 9.49. The van der Waals surface area contributed by atoms with Crippen molar-refractivity contribution in [1.82, 2.24) is 15.1 Å². The van der Waals surface area contributed by atoms with Gasteiger partial charge in [0.05, 0.1) is 17.3 Å². The van der Waals surface area contributed by atoms with E-state index in [1.807, 2.05) is 17.8 Å². The number of halogens is 1. The molecule has 0 aliphatic heterocycles. The number of aromatic nitrogens is 2. The maximum Gasteiger partial charge on any atom is 0.0814 e. The van der Waals surface area contributed by atoms with Crippen LogP contribution in [-0.2, 0) is 6.54 Å². The van der Waals surface area contributed by atoms with Gasteiger partial charge in [0, 0.05) is 24.3 Å². The number of rotatable bonds is 8. The number of nitrogens with zero attached hydrogens (tertiary/aromatic N) is 2. The Kier molecular flexibility index (Phi) is 6.30. The van der Waals surface area contributed by atoms with Crippen LogP contribution < -0.4 is 5.32 Å². The minimum absolute atomic E-state index is 0.165. The van der Waals surface area contributed by atoms with E-state index >= 15 is 0 Å². The predicted octanol–water partition coefficient (Wildman–Crippen LogP) is 2.76. The molecule has 0 saturated heterocycles. The molecule has 4 nitrogen and oxygen atoms in total. The lowest BCUT2D eigenvalue weighted by molar-refractivity contribution is 0.153. The van der Waals surface area contributed by atoms with Crippen LogP contribution in [0.2, 0.25) is 5.02 Å². The van der Waals surface area contributed by atoms with Gasteiger partial charge < -0.3 is 10.4 Å². The minimum atomic E-state index is -0.189. The average molecular weight is 288 g/mol. The van der Waals surface area contributed by atoms with E-state index in [2.05, 4.69) is 31.2 Å². The standard InChI is InChI=1S/C14H26ClN3O/c1-11(2)16-14(4,10-19)7-5-6-8-18-9-13(15)12(3)17-18/h9,11,16,19H,5-8,10H2,1-4H3. The van der Waals surface area contributed by atoms with E-state index in [4.69, 9.17) is 11.6 Å². The summed E-state index contributed by atoms with van der Waals surface area (Å²) in [5.41, 5.74) is 0.689. The van der Waals surface area contributed by atoms with Gasteiger partial charge in [-0.1, -0.05) is 25.4 Å². The highest BCUT2D eigenvalue weighted by Crippen LogP contribution is 2.16. The Balaban J connectivity index is 2.33. The van der Waals surface area contributed by atoms with Gasteiger partial charge in [-0.15, -0.1) is 0 Å². The van der Waals surface area contributed by atoms with Crippen LogP contribution in [0.5, 0.6) is 0 Å². The van der Waals surface area contributed by atoms with Crippen molar-refractivity contribution in [2.24, 2.45) is 0 Å². The van der Waals surface area contributed by atoms with Gasteiger partial charge in [-0.05, 0) is 33.1 Å². The van der Waals surface area contributed by atoms with Crippen molar-refractivity contribution in [3.8, 4) is 0 Å². The SMILES string of the molecule is Cc1nn(CCCCC(C)(CO)NC(C)C)cc1Cl. The molecule has 0 radical (unpaired) electrons. The van der Waals surface area contributed by atoms with Gasteiger partial charge in [0.25, 0.3) is 0 Å². The van der Waals surface area contributed by atoms with Crippen LogP contribution in [0.4, 0.5) is 0 Å². The molecule has 1 heterocycles. The molecule has 1 rings (SSSR count). The van der Waals surface area contributed by atoms with E-state index in [1.165, 1.54) is 0 Å². The molecule has 0 amide bonds. The highest BCUT2D eigenvalue weighted by molar-refractivity contribution is 6.31. The summed E-state index contributed by atoms with van der Waals surface area (Å²) in [6.07, 6.45) is 4.91. The van der Waals surface area contributed by atoms with Gasteiger partial charge in [-0.3, -0.25) is 4.68 Å². The second-order valence-corrected chi connectivity index (χ2v) is 6.21. The molecule has 1 atom stereocenters. The molecule has 0 aliphatic rings. The molecule has 0 aliphatic carbocycles. The molecular weight excluding hydrogens is 262 g/mol. The third-order valence-electron chi connectivity index (χ3n) is 3.24. The van der Waals surface area contributed by atoms with Gasteiger partial charge in [-0.25, -0.2) is 0 Å². The summed E-state index contributed by atoms with van der Waals surface area (Å²) in [4.78, 5) is 0. The van der Waals surface area contributed by atoms with Crippen LogP contribution in [0.15, 0.2) is 6.20 Å². The first-order chi connectivity index (χ1) is 8.86. The van der Waals surface area contributed by atoms with Crippen LogP contribution in [0.25, 0.3) is 0 Å². The first-order valence-corrected chi connectivity index (χ1v) is 7.32. The summed E-state index contributed by atoms with van der Waals surface area (Å²) < 4.78 is 1.89. The Labute approximate surface area is 121 Å². The summed E-state index contributed by atoms with van der Waals surface area (Å²) in [7, 11) is 0. The molecule has 110 valence electrons. The number of hydrogen-bond acceptors (Lipinski definition) is 3. The van der Waals surface area contributed by atoms with Crippen molar-refractivity contribution in [1.29, 1.82) is 0 Å². The molecule has 1 aromatic rings. The summed E-state index contributed by atoms with van der Waals surface area (Å²) in [6.45, 7) is 9.22. The molecule has 0 fully saturated rings. The summed E-state index contributed by atoms with van der Waals surface area (Å²) in [6, 6.07) is 0.379. The number of nitrogens with one attached hydrogen (secondary N) is 1. The molecule has 1 unspecified atom stereocenters. The normalized spacial score (nSPS) is 14.9. The van der Waals surface area contributed by atoms with Crippen LogP contribution in [0.1, 0.15) is 45.7 Å². The van der Waals surface area contributed by atoms with E-state index < -0.39 is 0 Å². The largest absolute Gasteiger partial charge is 0.394 e. The predicted molar refractivity (Wildman–Crippen MR) is 79.6 cm³/mol. The smallest absolute Gasteiger partial charge is 0.0814 e. The topological polar surface area (TPSA) is 50.1 Å². The van der Waals surface area contributed by atoms with Crippen molar-refractivity contribution in [3.05, 3.63) is 16.9 Å². The van der Waals surface area contributed by atoms with Crippen LogP contribution >= 0.6 is 11.6 Å². The molecule has 1 aromatic heterocycles. The highest BCUT2D eigenvalue weighted by Gasteiger charge is 2.22. The third-order valence-corrected chi connectivity index (χ3v) is 3.61. The van der Waals surface area contributed by atoms with Gasteiger partial charge >= 0.3 is 0 Å². The first kappa shape index (κ1) is 16.5. The Hall–Kier alpha value is -0.580. The fraction of sp³-hybridized carbons (Fsp3) is 0.786. The van der Waals surface area contributed by atoms with Crippen molar-refractivity contribution >= 4 is 11.6 Å². The van der Waals surface area contributed by atoms with Gasteiger partial charge in [-0.2, -0.15) is 5.10 Å². The zero-order valence-corrected chi connectivity index (χ0v) is 13.2. The molecule has 5 heteroatoms. The molecule has 2 N–H and O–H groups in total. The van der Waals surface area contributed by atoms with E-state index in [1.54, 1.807) is 0 Å². The Morgan fingerprint density at radius 2 is 2.16 bits per heavy atom. The lowest BCUT2D eigenvalue weighted by Gasteiger charge is -2.31. The number of aryl methyl sites for hydroxylation is 2.